The van der Waals surface area contributed by atoms with E-state index in [2.05, 4.69) is 5.32 Å². The van der Waals surface area contributed by atoms with Crippen molar-refractivity contribution in [3.05, 3.63) is 29.8 Å². The van der Waals surface area contributed by atoms with E-state index in [4.69, 9.17) is 10.00 Å². The van der Waals surface area contributed by atoms with E-state index >= 15 is 0 Å². The molecule has 0 bridgehead atoms. The van der Waals surface area contributed by atoms with Crippen LogP contribution >= 0.6 is 0 Å². The van der Waals surface area contributed by atoms with Crippen LogP contribution in [0.25, 0.3) is 0 Å². The minimum atomic E-state index is -0.0745. The van der Waals surface area contributed by atoms with Gasteiger partial charge in [-0.05, 0) is 31.0 Å². The Balaban J connectivity index is 1.99. The third-order valence-corrected chi connectivity index (χ3v) is 2.79. The summed E-state index contributed by atoms with van der Waals surface area (Å²) in [6.07, 6.45) is 1.79. The van der Waals surface area contributed by atoms with Crippen LogP contribution in [0, 0.1) is 17.2 Å². The van der Waals surface area contributed by atoms with Gasteiger partial charge in [0.15, 0.2) is 0 Å². The lowest BCUT2D eigenvalue weighted by molar-refractivity contribution is -0.123. The summed E-state index contributed by atoms with van der Waals surface area (Å²) < 4.78 is 5.27. The standard InChI is InChI=1S/C13H14N2O2/c14-8-10-3-1-5-12(7-10)15-13(16)11-4-2-6-17-9-11/h1,3,5,7,11H,2,4,6,9H2,(H,15,16). The molecule has 1 saturated heterocycles. The summed E-state index contributed by atoms with van der Waals surface area (Å²) in [4.78, 5) is 11.9. The van der Waals surface area contributed by atoms with Crippen LogP contribution in [0.5, 0.6) is 0 Å². The van der Waals surface area contributed by atoms with Crippen molar-refractivity contribution in [1.29, 1.82) is 5.26 Å². The van der Waals surface area contributed by atoms with Gasteiger partial charge in [0.25, 0.3) is 0 Å². The fourth-order valence-corrected chi connectivity index (χ4v) is 1.86. The zero-order valence-electron chi connectivity index (χ0n) is 9.48. The normalized spacial score (nSPS) is 19.4. The summed E-state index contributed by atoms with van der Waals surface area (Å²) in [5.41, 5.74) is 1.21. The molecular formula is C13H14N2O2. The molecule has 4 heteroatoms. The van der Waals surface area contributed by atoms with Gasteiger partial charge < -0.3 is 10.1 Å². The summed E-state index contributed by atoms with van der Waals surface area (Å²) in [6, 6.07) is 8.96. The van der Waals surface area contributed by atoms with Crippen molar-refractivity contribution in [3.63, 3.8) is 0 Å². The van der Waals surface area contributed by atoms with Crippen molar-refractivity contribution in [2.45, 2.75) is 12.8 Å². The van der Waals surface area contributed by atoms with Gasteiger partial charge >= 0.3 is 0 Å². The van der Waals surface area contributed by atoms with Crippen LogP contribution in [-0.4, -0.2) is 19.1 Å². The van der Waals surface area contributed by atoms with Gasteiger partial charge in [0.05, 0.1) is 24.2 Å². The van der Waals surface area contributed by atoms with Crippen LogP contribution < -0.4 is 5.32 Å². The van der Waals surface area contributed by atoms with E-state index < -0.39 is 0 Å². The topological polar surface area (TPSA) is 62.1 Å². The zero-order valence-corrected chi connectivity index (χ0v) is 9.48. The van der Waals surface area contributed by atoms with E-state index in [0.29, 0.717) is 17.9 Å². The minimum absolute atomic E-state index is 0.0280. The van der Waals surface area contributed by atoms with Gasteiger partial charge in [-0.25, -0.2) is 0 Å². The Morgan fingerprint density at radius 2 is 2.41 bits per heavy atom. The number of carbonyl (C=O) groups is 1. The number of ether oxygens (including phenoxy) is 1. The maximum Gasteiger partial charge on any atom is 0.229 e. The SMILES string of the molecule is N#Cc1cccc(NC(=O)C2CCCOC2)c1. The summed E-state index contributed by atoms with van der Waals surface area (Å²) >= 11 is 0. The molecule has 1 fully saturated rings. The average Bonchev–Trinajstić information content (AvgIpc) is 2.40. The maximum atomic E-state index is 11.9. The monoisotopic (exact) mass is 230 g/mol. The highest BCUT2D eigenvalue weighted by Gasteiger charge is 2.21. The van der Waals surface area contributed by atoms with Gasteiger partial charge in [-0.1, -0.05) is 6.07 Å². The number of amides is 1. The molecule has 1 aliphatic rings. The van der Waals surface area contributed by atoms with Gasteiger partial charge in [-0.3, -0.25) is 4.79 Å². The summed E-state index contributed by atoms with van der Waals surface area (Å²) in [6.45, 7) is 1.23. The Labute approximate surface area is 100 Å². The molecule has 17 heavy (non-hydrogen) atoms. The number of hydrogen-bond donors (Lipinski definition) is 1. The lowest BCUT2D eigenvalue weighted by atomic mass is 10.0. The van der Waals surface area contributed by atoms with E-state index in [0.717, 1.165) is 19.4 Å². The van der Waals surface area contributed by atoms with Gasteiger partial charge in [-0.2, -0.15) is 5.26 Å². The molecular weight excluding hydrogens is 216 g/mol. The zero-order chi connectivity index (χ0) is 12.1. The highest BCUT2D eigenvalue weighted by atomic mass is 16.5. The lowest BCUT2D eigenvalue weighted by Crippen LogP contribution is -2.30. The van der Waals surface area contributed by atoms with Crippen molar-refractivity contribution >= 4 is 11.6 Å². The fraction of sp³-hybridized carbons (Fsp3) is 0.385. The Morgan fingerprint density at radius 3 is 3.12 bits per heavy atom. The molecule has 0 aromatic heterocycles. The molecule has 1 aliphatic heterocycles. The molecule has 1 amide bonds. The third kappa shape index (κ3) is 3.05. The van der Waals surface area contributed by atoms with E-state index in [1.807, 2.05) is 6.07 Å². The molecule has 0 radical (unpaired) electrons. The van der Waals surface area contributed by atoms with E-state index in [1.165, 1.54) is 0 Å². The Kier molecular flexibility index (Phi) is 3.73. The van der Waals surface area contributed by atoms with Crippen molar-refractivity contribution < 1.29 is 9.53 Å². The van der Waals surface area contributed by atoms with Crippen LogP contribution in [0.4, 0.5) is 5.69 Å². The predicted octanol–water partition coefficient (Wildman–Crippen LogP) is 1.92. The molecule has 1 N–H and O–H groups in total. The van der Waals surface area contributed by atoms with Gasteiger partial charge in [-0.15, -0.1) is 0 Å². The van der Waals surface area contributed by atoms with Gasteiger partial charge in [0.1, 0.15) is 0 Å². The number of rotatable bonds is 2. The van der Waals surface area contributed by atoms with Crippen LogP contribution in [-0.2, 0) is 9.53 Å². The molecule has 88 valence electrons. The number of carbonyl (C=O) groups excluding carboxylic acids is 1. The van der Waals surface area contributed by atoms with Gasteiger partial charge in [0.2, 0.25) is 5.91 Å². The fourth-order valence-electron chi connectivity index (χ4n) is 1.86. The Morgan fingerprint density at radius 1 is 1.53 bits per heavy atom. The first kappa shape index (κ1) is 11.6. The minimum Gasteiger partial charge on any atom is -0.381 e. The lowest BCUT2D eigenvalue weighted by Gasteiger charge is -2.21. The number of anilines is 1. The van der Waals surface area contributed by atoms with E-state index in [9.17, 15) is 4.79 Å². The highest BCUT2D eigenvalue weighted by molar-refractivity contribution is 5.92. The molecule has 0 aliphatic carbocycles. The first-order valence-corrected chi connectivity index (χ1v) is 5.68. The summed E-state index contributed by atoms with van der Waals surface area (Å²) in [5.74, 6) is -0.103. The second kappa shape index (κ2) is 5.46. The van der Waals surface area contributed by atoms with E-state index in [1.54, 1.807) is 24.3 Å². The van der Waals surface area contributed by atoms with Crippen molar-refractivity contribution in [3.8, 4) is 6.07 Å². The summed E-state index contributed by atoms with van der Waals surface area (Å²) in [7, 11) is 0. The molecule has 1 atom stereocenters. The van der Waals surface area contributed by atoms with Crippen molar-refractivity contribution in [1.82, 2.24) is 0 Å². The number of nitrogens with one attached hydrogen (secondary N) is 1. The Bertz CT molecular complexity index is 445. The van der Waals surface area contributed by atoms with Crippen LogP contribution in [0.1, 0.15) is 18.4 Å². The number of nitriles is 1. The molecule has 1 aromatic rings. The number of hydrogen-bond acceptors (Lipinski definition) is 3. The van der Waals surface area contributed by atoms with Crippen LogP contribution in [0.15, 0.2) is 24.3 Å². The maximum absolute atomic E-state index is 11.9. The largest absolute Gasteiger partial charge is 0.381 e. The highest BCUT2D eigenvalue weighted by Crippen LogP contribution is 2.17. The first-order chi connectivity index (χ1) is 8.29. The van der Waals surface area contributed by atoms with Crippen molar-refractivity contribution in [2.75, 3.05) is 18.5 Å². The third-order valence-electron chi connectivity index (χ3n) is 2.79. The predicted molar refractivity (Wildman–Crippen MR) is 63.3 cm³/mol. The Hall–Kier alpha value is -1.86. The van der Waals surface area contributed by atoms with Crippen LogP contribution in [0.3, 0.4) is 0 Å². The molecule has 1 unspecified atom stereocenters. The average molecular weight is 230 g/mol. The first-order valence-electron chi connectivity index (χ1n) is 5.68. The molecule has 0 spiro atoms. The molecule has 1 heterocycles. The second-order valence-electron chi connectivity index (χ2n) is 4.10. The van der Waals surface area contributed by atoms with Crippen molar-refractivity contribution in [2.24, 2.45) is 5.92 Å². The van der Waals surface area contributed by atoms with Gasteiger partial charge in [0, 0.05) is 12.3 Å². The quantitative estimate of drug-likeness (QED) is 0.844. The number of nitrogens with zero attached hydrogens (tertiary/aromatic N) is 1. The smallest absolute Gasteiger partial charge is 0.229 e. The molecule has 2 rings (SSSR count). The van der Waals surface area contributed by atoms with Crippen LogP contribution in [0.2, 0.25) is 0 Å². The van der Waals surface area contributed by atoms with E-state index in [-0.39, 0.29) is 11.8 Å². The molecule has 0 saturated carbocycles. The molecule has 1 aromatic carbocycles. The second-order valence-corrected chi connectivity index (χ2v) is 4.10. The molecule has 4 nitrogen and oxygen atoms in total. The summed E-state index contributed by atoms with van der Waals surface area (Å²) in [5, 5.41) is 11.6. The number of benzene rings is 1.